The van der Waals surface area contributed by atoms with Crippen molar-refractivity contribution in [3.05, 3.63) is 120 Å². The Hall–Kier alpha value is -3.29. The molecule has 9 nitrogen and oxygen atoms in total. The summed E-state index contributed by atoms with van der Waals surface area (Å²) in [5, 5.41) is 1.97. The highest BCUT2D eigenvalue weighted by Crippen LogP contribution is 2.58. The quantitative estimate of drug-likeness (QED) is 0.129. The fourth-order valence-electron chi connectivity index (χ4n) is 10.9. The molecular formula is C54H72O9Si. The zero-order chi connectivity index (χ0) is 45.3. The normalized spacial score (nSPS) is 32.3. The first kappa shape index (κ1) is 47.2. The molecule has 0 bridgehead atoms. The zero-order valence-corrected chi connectivity index (χ0v) is 40.7. The van der Waals surface area contributed by atoms with Crippen LogP contribution in [0.3, 0.4) is 0 Å². The van der Waals surface area contributed by atoms with Crippen molar-refractivity contribution in [1.82, 2.24) is 0 Å². The number of hydrogen-bond donors (Lipinski definition) is 0. The largest absolute Gasteiger partial charge is 0.390 e. The Balaban J connectivity index is 1.08. The fraction of sp³-hybridized carbons (Fsp3) is 0.574. The standard InChI is InChI=1S/C54H72O9Si/c1-37-26-27-53(8)48(31-49-54(9,63-53)36-59-64(62-49,51(2,3)4)52(5,6)7)61-46(50(37)55)30-45-43(58-34-40-24-25-41-22-16-17-23-42(41)28-40)29-44(57-33-39-20-14-11-15-21-39)47(60-45)35-56-32-38-18-12-10-13-19-38/h10-25,28,37,43-49H,26-27,29-36H2,1-9H3/t37-,43-,44+,45+,46-,47-,48+,49-,53-,54+/m0/s1. The van der Waals surface area contributed by atoms with E-state index in [0.717, 1.165) is 22.1 Å². The molecule has 0 aliphatic carbocycles. The van der Waals surface area contributed by atoms with Crippen LogP contribution >= 0.6 is 0 Å². The molecule has 346 valence electrons. The van der Waals surface area contributed by atoms with Gasteiger partial charge in [-0.25, -0.2) is 0 Å². The van der Waals surface area contributed by atoms with Gasteiger partial charge in [0.25, 0.3) is 0 Å². The lowest BCUT2D eigenvalue weighted by Gasteiger charge is -2.62. The molecule has 64 heavy (non-hydrogen) atoms. The van der Waals surface area contributed by atoms with E-state index in [4.69, 9.17) is 37.3 Å². The Morgan fingerprint density at radius 2 is 1.28 bits per heavy atom. The number of hydrogen-bond acceptors (Lipinski definition) is 9. The third-order valence-corrected chi connectivity index (χ3v) is 19.5. The van der Waals surface area contributed by atoms with Crippen molar-refractivity contribution < 1.29 is 42.1 Å². The summed E-state index contributed by atoms with van der Waals surface area (Å²) in [4.78, 5) is 14.7. The number of Topliss-reactive ketones (excluding diaryl/α,β-unsaturated/α-hetero) is 1. The molecule has 0 radical (unpaired) electrons. The fourth-order valence-corrected chi connectivity index (χ4v) is 16.0. The Morgan fingerprint density at radius 3 is 1.95 bits per heavy atom. The Bertz CT molecular complexity index is 2160. The van der Waals surface area contributed by atoms with E-state index in [-0.39, 0.29) is 40.1 Å². The van der Waals surface area contributed by atoms with Gasteiger partial charge in [-0.3, -0.25) is 4.79 Å². The van der Waals surface area contributed by atoms with Gasteiger partial charge in [0, 0.05) is 35.3 Å². The number of ketones is 1. The Morgan fingerprint density at radius 1 is 0.672 bits per heavy atom. The van der Waals surface area contributed by atoms with Gasteiger partial charge in [-0.15, -0.1) is 0 Å². The average molecular weight is 893 g/mol. The van der Waals surface area contributed by atoms with E-state index in [1.54, 1.807) is 0 Å². The van der Waals surface area contributed by atoms with Crippen LogP contribution < -0.4 is 0 Å². The number of benzene rings is 4. The third kappa shape index (κ3) is 10.2. The van der Waals surface area contributed by atoms with E-state index in [9.17, 15) is 4.79 Å². The molecule has 4 aliphatic heterocycles. The minimum absolute atomic E-state index is 0.0904. The highest BCUT2D eigenvalue weighted by Gasteiger charge is 2.67. The monoisotopic (exact) mass is 892 g/mol. The second kappa shape index (κ2) is 19.1. The van der Waals surface area contributed by atoms with E-state index in [1.165, 1.54) is 5.39 Å². The van der Waals surface area contributed by atoms with Crippen LogP contribution in [0.4, 0.5) is 0 Å². The molecule has 0 amide bonds. The van der Waals surface area contributed by atoms with Gasteiger partial charge in [-0.1, -0.05) is 146 Å². The Kier molecular flexibility index (Phi) is 14.1. The minimum atomic E-state index is -2.82. The van der Waals surface area contributed by atoms with Crippen LogP contribution in [-0.2, 0) is 61.9 Å². The molecule has 4 aromatic rings. The lowest BCUT2D eigenvalue weighted by atomic mass is 9.77. The van der Waals surface area contributed by atoms with Crippen LogP contribution in [0.25, 0.3) is 10.8 Å². The summed E-state index contributed by atoms with van der Waals surface area (Å²) in [7, 11) is -2.82. The molecule has 4 aliphatic rings. The number of fused-ring (bicyclic) bond motifs is 3. The van der Waals surface area contributed by atoms with Crippen LogP contribution in [0.15, 0.2) is 103 Å². The second-order valence-corrected chi connectivity index (χ2v) is 26.2. The summed E-state index contributed by atoms with van der Waals surface area (Å²) in [6.07, 6.45) is -0.117. The van der Waals surface area contributed by atoms with Gasteiger partial charge < -0.3 is 37.3 Å². The van der Waals surface area contributed by atoms with Gasteiger partial charge in [0.2, 0.25) is 0 Å². The van der Waals surface area contributed by atoms with E-state index < -0.39 is 44.2 Å². The minimum Gasteiger partial charge on any atom is -0.390 e. The first-order valence-corrected chi connectivity index (χ1v) is 25.5. The molecule has 0 N–H and O–H groups in total. The summed E-state index contributed by atoms with van der Waals surface area (Å²) in [6.45, 7) is 21.8. The summed E-state index contributed by atoms with van der Waals surface area (Å²) in [6, 6.07) is 35.2. The SMILES string of the molecule is C[C@H]1CC[C@]2(C)O[C@]3(C)CO[Si](C(C)(C)C)(C(C)(C)C)O[C@H]3C[C@H]2O[C@@H](C[C@H]2O[C@@H](COCc3ccccc3)[C@H](OCc3ccccc3)C[C@@H]2OCc2ccc3ccccc3c2)C1=O. The molecule has 10 heteroatoms. The smallest absolute Gasteiger partial charge is 0.349 e. The molecule has 4 saturated heterocycles. The van der Waals surface area contributed by atoms with Crippen molar-refractivity contribution in [2.45, 2.75) is 178 Å². The molecule has 0 aromatic heterocycles. The van der Waals surface area contributed by atoms with Crippen molar-refractivity contribution in [2.75, 3.05) is 13.2 Å². The maximum Gasteiger partial charge on any atom is 0.349 e. The molecule has 10 atom stereocenters. The average Bonchev–Trinajstić information content (AvgIpc) is 3.26. The van der Waals surface area contributed by atoms with Crippen LogP contribution in [0.1, 0.15) is 111 Å². The van der Waals surface area contributed by atoms with Crippen molar-refractivity contribution >= 4 is 25.1 Å². The molecule has 4 aromatic carbocycles. The van der Waals surface area contributed by atoms with Gasteiger partial charge in [0.15, 0.2) is 5.78 Å². The molecule has 8 rings (SSSR count). The third-order valence-electron chi connectivity index (χ3n) is 14.4. The van der Waals surface area contributed by atoms with Crippen molar-refractivity contribution in [3.63, 3.8) is 0 Å². The van der Waals surface area contributed by atoms with Gasteiger partial charge in [-0.2, -0.15) is 0 Å². The molecule has 4 heterocycles. The van der Waals surface area contributed by atoms with Gasteiger partial charge in [0.1, 0.15) is 17.8 Å². The molecule has 4 fully saturated rings. The maximum atomic E-state index is 14.7. The highest BCUT2D eigenvalue weighted by atomic mass is 28.4. The highest BCUT2D eigenvalue weighted by molar-refractivity contribution is 6.73. The van der Waals surface area contributed by atoms with Crippen molar-refractivity contribution in [3.8, 4) is 0 Å². The van der Waals surface area contributed by atoms with Crippen LogP contribution in [0, 0.1) is 5.92 Å². The van der Waals surface area contributed by atoms with Crippen LogP contribution in [0.2, 0.25) is 10.1 Å². The lowest BCUT2D eigenvalue weighted by Crippen LogP contribution is -2.73. The number of carbonyl (C=O) groups excluding carboxylic acids is 1. The van der Waals surface area contributed by atoms with Crippen molar-refractivity contribution in [2.24, 2.45) is 5.92 Å². The van der Waals surface area contributed by atoms with E-state index in [2.05, 4.69) is 122 Å². The predicted octanol–water partition coefficient (Wildman–Crippen LogP) is 11.2. The van der Waals surface area contributed by atoms with E-state index in [0.29, 0.717) is 65.1 Å². The molecule has 0 spiro atoms. The number of rotatable bonds is 12. The van der Waals surface area contributed by atoms with Crippen molar-refractivity contribution in [1.29, 1.82) is 0 Å². The summed E-state index contributed by atoms with van der Waals surface area (Å²) >= 11 is 0. The topological polar surface area (TPSA) is 90.9 Å². The van der Waals surface area contributed by atoms with Crippen LogP contribution in [-0.4, -0.2) is 81.5 Å². The van der Waals surface area contributed by atoms with E-state index >= 15 is 0 Å². The summed E-state index contributed by atoms with van der Waals surface area (Å²) in [5.74, 6) is -0.141. The molecular weight excluding hydrogens is 821 g/mol. The van der Waals surface area contributed by atoms with Gasteiger partial charge in [-0.05, 0) is 60.2 Å². The van der Waals surface area contributed by atoms with Gasteiger partial charge in [0.05, 0.1) is 69.2 Å². The number of ether oxygens (including phenoxy) is 6. The lowest BCUT2D eigenvalue weighted by molar-refractivity contribution is -0.303. The predicted molar refractivity (Wildman–Crippen MR) is 252 cm³/mol. The first-order valence-electron chi connectivity index (χ1n) is 23.7. The molecule has 0 unspecified atom stereocenters. The van der Waals surface area contributed by atoms with E-state index in [1.807, 2.05) is 43.3 Å². The second-order valence-electron chi connectivity index (χ2n) is 21.5. The molecule has 0 saturated carbocycles. The Labute approximate surface area is 383 Å². The van der Waals surface area contributed by atoms with Crippen LogP contribution in [0.5, 0.6) is 0 Å². The number of carbonyl (C=O) groups is 1. The summed E-state index contributed by atoms with van der Waals surface area (Å²) < 4.78 is 55.9. The summed E-state index contributed by atoms with van der Waals surface area (Å²) in [5.41, 5.74) is 1.93. The van der Waals surface area contributed by atoms with Gasteiger partial charge >= 0.3 is 8.56 Å². The zero-order valence-electron chi connectivity index (χ0n) is 39.7. The first-order chi connectivity index (χ1) is 30.5. The maximum absolute atomic E-state index is 14.7.